The minimum atomic E-state index is -0.528. The van der Waals surface area contributed by atoms with Crippen molar-refractivity contribution in [1.29, 1.82) is 0 Å². The van der Waals surface area contributed by atoms with Gasteiger partial charge >= 0.3 is 0 Å². The molecule has 0 bridgehead atoms. The van der Waals surface area contributed by atoms with Crippen LogP contribution in [0.4, 0.5) is 0 Å². The molecule has 0 aromatic heterocycles. The first-order valence-corrected chi connectivity index (χ1v) is 8.08. The zero-order valence-corrected chi connectivity index (χ0v) is 13.4. The highest BCUT2D eigenvalue weighted by Gasteiger charge is 2.39. The molecule has 2 amide bonds. The van der Waals surface area contributed by atoms with Crippen molar-refractivity contribution in [2.75, 3.05) is 13.2 Å². The van der Waals surface area contributed by atoms with Crippen LogP contribution in [0.15, 0.2) is 34.4 Å². The normalized spacial score (nSPS) is 27.7. The fourth-order valence-electron chi connectivity index (χ4n) is 3.26. The van der Waals surface area contributed by atoms with Crippen molar-refractivity contribution in [3.05, 3.63) is 34.4 Å². The van der Waals surface area contributed by atoms with Gasteiger partial charge in [0.05, 0.1) is 12.1 Å². The average molecular weight is 339 g/mol. The largest absolute Gasteiger partial charge is 0.366 e. The minimum Gasteiger partial charge on any atom is -0.366 e. The van der Waals surface area contributed by atoms with Crippen LogP contribution in [0.25, 0.3) is 0 Å². The number of carbonyl (C=O) groups is 2. The SMILES string of the molecule is O=C(NO)C1=CC2C(CC1)OCC(=O)N2CC1=C(Cl)C=CCC1. The van der Waals surface area contributed by atoms with Gasteiger partial charge in [0.25, 0.3) is 5.91 Å². The van der Waals surface area contributed by atoms with Crippen LogP contribution in [0.1, 0.15) is 25.7 Å². The number of allylic oxidation sites excluding steroid dienone is 3. The fourth-order valence-corrected chi connectivity index (χ4v) is 3.51. The van der Waals surface area contributed by atoms with Crippen LogP contribution in [0.5, 0.6) is 0 Å². The molecule has 3 aliphatic rings. The summed E-state index contributed by atoms with van der Waals surface area (Å²) in [5, 5.41) is 9.49. The van der Waals surface area contributed by atoms with Gasteiger partial charge in [-0.1, -0.05) is 23.8 Å². The molecule has 6 nitrogen and oxygen atoms in total. The molecular weight excluding hydrogens is 320 g/mol. The number of fused-ring (bicyclic) bond motifs is 1. The molecular formula is C16H19ClN2O4. The van der Waals surface area contributed by atoms with E-state index < -0.39 is 5.91 Å². The summed E-state index contributed by atoms with van der Waals surface area (Å²) in [6.07, 6.45) is 8.37. The van der Waals surface area contributed by atoms with E-state index in [0.29, 0.717) is 30.0 Å². The third kappa shape index (κ3) is 3.34. The zero-order chi connectivity index (χ0) is 16.4. The first kappa shape index (κ1) is 16.2. The highest BCUT2D eigenvalue weighted by molar-refractivity contribution is 6.31. The lowest BCUT2D eigenvalue weighted by Crippen LogP contribution is -2.55. The Hall–Kier alpha value is -1.63. The molecule has 1 heterocycles. The van der Waals surface area contributed by atoms with Crippen molar-refractivity contribution < 1.29 is 19.5 Å². The number of ether oxygens (including phenoxy) is 1. The van der Waals surface area contributed by atoms with Gasteiger partial charge in [0.2, 0.25) is 5.91 Å². The monoisotopic (exact) mass is 338 g/mol. The first-order valence-electron chi connectivity index (χ1n) is 7.70. The van der Waals surface area contributed by atoms with E-state index in [9.17, 15) is 9.59 Å². The van der Waals surface area contributed by atoms with Crippen molar-refractivity contribution in [2.24, 2.45) is 0 Å². The molecule has 1 aliphatic heterocycles. The van der Waals surface area contributed by atoms with Crippen LogP contribution in [0.3, 0.4) is 0 Å². The number of halogens is 1. The average Bonchev–Trinajstić information content (AvgIpc) is 2.58. The molecule has 124 valence electrons. The van der Waals surface area contributed by atoms with Crippen LogP contribution >= 0.6 is 11.6 Å². The second-order valence-corrected chi connectivity index (χ2v) is 6.33. The van der Waals surface area contributed by atoms with Crippen LogP contribution in [-0.4, -0.2) is 47.2 Å². The van der Waals surface area contributed by atoms with Crippen LogP contribution in [0, 0.1) is 0 Å². The molecule has 0 aromatic carbocycles. The first-order chi connectivity index (χ1) is 11.1. The maximum absolute atomic E-state index is 12.3. The number of hydrogen-bond acceptors (Lipinski definition) is 4. The molecule has 3 rings (SSSR count). The van der Waals surface area contributed by atoms with E-state index in [-0.39, 0.29) is 24.7 Å². The number of nitrogens with zero attached hydrogens (tertiary/aromatic N) is 1. The molecule has 1 fully saturated rings. The molecule has 2 unspecified atom stereocenters. The molecule has 1 saturated heterocycles. The smallest absolute Gasteiger partial charge is 0.270 e. The number of amides is 2. The highest BCUT2D eigenvalue weighted by Crippen LogP contribution is 2.31. The zero-order valence-electron chi connectivity index (χ0n) is 12.6. The summed E-state index contributed by atoms with van der Waals surface area (Å²) in [5.74, 6) is -0.640. The van der Waals surface area contributed by atoms with Gasteiger partial charge in [-0.25, -0.2) is 5.48 Å². The molecule has 0 aromatic rings. The van der Waals surface area contributed by atoms with E-state index in [1.807, 2.05) is 12.2 Å². The van der Waals surface area contributed by atoms with Gasteiger partial charge in [-0.05, 0) is 37.3 Å². The molecule has 2 atom stereocenters. The molecule has 0 saturated carbocycles. The summed E-state index contributed by atoms with van der Waals surface area (Å²) < 4.78 is 5.61. The van der Waals surface area contributed by atoms with E-state index in [1.165, 1.54) is 0 Å². The van der Waals surface area contributed by atoms with Crippen molar-refractivity contribution in [3.8, 4) is 0 Å². The van der Waals surface area contributed by atoms with Crippen LogP contribution in [0.2, 0.25) is 0 Å². The molecule has 23 heavy (non-hydrogen) atoms. The van der Waals surface area contributed by atoms with Gasteiger partial charge < -0.3 is 9.64 Å². The Morgan fingerprint density at radius 1 is 1.48 bits per heavy atom. The van der Waals surface area contributed by atoms with E-state index in [0.717, 1.165) is 18.4 Å². The Kier molecular flexibility index (Phi) is 4.84. The third-order valence-electron chi connectivity index (χ3n) is 4.52. The standard InChI is InChI=1S/C16H19ClN2O4/c17-12-4-2-1-3-11(12)8-19-13-7-10(16(21)18-22)5-6-14(13)23-9-15(19)20/h2,4,7,13-14,22H,1,3,5-6,8-9H2,(H,18,21). The third-order valence-corrected chi connectivity index (χ3v) is 4.91. The number of hydroxylamine groups is 1. The van der Waals surface area contributed by atoms with E-state index in [1.54, 1.807) is 16.5 Å². The summed E-state index contributed by atoms with van der Waals surface area (Å²) in [7, 11) is 0. The van der Waals surface area contributed by atoms with Crippen molar-refractivity contribution >= 4 is 23.4 Å². The summed E-state index contributed by atoms with van der Waals surface area (Å²) >= 11 is 6.24. The number of rotatable bonds is 3. The Morgan fingerprint density at radius 3 is 3.04 bits per heavy atom. The van der Waals surface area contributed by atoms with Gasteiger partial charge in [0.1, 0.15) is 6.61 Å². The maximum Gasteiger partial charge on any atom is 0.270 e. The van der Waals surface area contributed by atoms with Crippen molar-refractivity contribution in [1.82, 2.24) is 10.4 Å². The van der Waals surface area contributed by atoms with E-state index in [2.05, 4.69) is 0 Å². The van der Waals surface area contributed by atoms with Gasteiger partial charge in [-0.15, -0.1) is 0 Å². The van der Waals surface area contributed by atoms with Crippen molar-refractivity contribution in [3.63, 3.8) is 0 Å². The second-order valence-electron chi connectivity index (χ2n) is 5.93. The predicted octanol–water partition coefficient (Wildman–Crippen LogP) is 1.65. The van der Waals surface area contributed by atoms with E-state index >= 15 is 0 Å². The van der Waals surface area contributed by atoms with Gasteiger partial charge in [-0.2, -0.15) is 0 Å². The topological polar surface area (TPSA) is 78.9 Å². The van der Waals surface area contributed by atoms with Gasteiger partial charge in [-0.3, -0.25) is 14.8 Å². The van der Waals surface area contributed by atoms with Gasteiger partial charge in [0.15, 0.2) is 0 Å². The Balaban J connectivity index is 1.85. The maximum atomic E-state index is 12.3. The number of morpholine rings is 1. The summed E-state index contributed by atoms with van der Waals surface area (Å²) in [4.78, 5) is 25.7. The molecule has 0 radical (unpaired) electrons. The Labute approximate surface area is 139 Å². The highest BCUT2D eigenvalue weighted by atomic mass is 35.5. The quantitative estimate of drug-likeness (QED) is 0.606. The summed E-state index contributed by atoms with van der Waals surface area (Å²) in [6, 6.07) is -0.305. The lowest BCUT2D eigenvalue weighted by atomic mass is 9.89. The second kappa shape index (κ2) is 6.86. The molecule has 0 spiro atoms. The molecule has 2 aliphatic carbocycles. The van der Waals surface area contributed by atoms with E-state index in [4.69, 9.17) is 21.5 Å². The molecule has 7 heteroatoms. The van der Waals surface area contributed by atoms with Crippen molar-refractivity contribution in [2.45, 2.75) is 37.8 Å². The minimum absolute atomic E-state index is 0.0529. The lowest BCUT2D eigenvalue weighted by Gasteiger charge is -2.42. The summed E-state index contributed by atoms with van der Waals surface area (Å²) in [6.45, 7) is 0.494. The lowest BCUT2D eigenvalue weighted by molar-refractivity contribution is -0.154. The van der Waals surface area contributed by atoms with Gasteiger partial charge in [0, 0.05) is 17.2 Å². The fraction of sp³-hybridized carbons (Fsp3) is 0.500. The Bertz CT molecular complexity index is 611. The number of nitrogens with one attached hydrogen (secondary N) is 1. The van der Waals surface area contributed by atoms with Crippen LogP contribution < -0.4 is 5.48 Å². The number of hydrogen-bond donors (Lipinski definition) is 2. The summed E-state index contributed by atoms with van der Waals surface area (Å²) in [5.41, 5.74) is 3.15. The number of carbonyl (C=O) groups excluding carboxylic acids is 2. The Morgan fingerprint density at radius 2 is 2.30 bits per heavy atom. The molecule has 2 N–H and O–H groups in total. The predicted molar refractivity (Wildman–Crippen MR) is 83.7 cm³/mol. The van der Waals surface area contributed by atoms with Crippen LogP contribution in [-0.2, 0) is 14.3 Å².